The number of phenols is 1. The van der Waals surface area contributed by atoms with Crippen LogP contribution in [-0.4, -0.2) is 5.11 Å². The highest BCUT2D eigenvalue weighted by atomic mass is 19.1. The number of anilines is 1. The minimum Gasteiger partial charge on any atom is -0.508 e. The Morgan fingerprint density at radius 2 is 1.95 bits per heavy atom. The van der Waals surface area contributed by atoms with E-state index in [1.54, 1.807) is 6.92 Å². The summed E-state index contributed by atoms with van der Waals surface area (Å²) < 4.78 is 26.7. The lowest BCUT2D eigenvalue weighted by atomic mass is 10.1. The maximum absolute atomic E-state index is 13.6. The zero-order valence-electron chi connectivity index (χ0n) is 10.7. The second kappa shape index (κ2) is 5.57. The van der Waals surface area contributed by atoms with Gasteiger partial charge in [0.05, 0.1) is 11.6 Å². The van der Waals surface area contributed by atoms with Gasteiger partial charge in [0.1, 0.15) is 17.4 Å². The molecular weight excluding hydrogens is 262 g/mol. The van der Waals surface area contributed by atoms with Crippen molar-refractivity contribution in [2.24, 2.45) is 0 Å². The molecule has 3 nitrogen and oxygen atoms in total. The Balaban J connectivity index is 2.23. The Kier molecular flexibility index (Phi) is 3.85. The summed E-state index contributed by atoms with van der Waals surface area (Å²) in [5.41, 5.74) is 1.57. The molecule has 0 unspecified atom stereocenters. The predicted molar refractivity (Wildman–Crippen MR) is 71.2 cm³/mol. The summed E-state index contributed by atoms with van der Waals surface area (Å²) in [4.78, 5) is 0. The van der Waals surface area contributed by atoms with Crippen molar-refractivity contribution in [1.82, 2.24) is 0 Å². The van der Waals surface area contributed by atoms with Crippen molar-refractivity contribution in [2.75, 3.05) is 5.32 Å². The van der Waals surface area contributed by atoms with E-state index in [0.717, 1.165) is 12.1 Å². The molecule has 0 atom stereocenters. The summed E-state index contributed by atoms with van der Waals surface area (Å²) in [6.45, 7) is 1.79. The number of halogens is 2. The number of phenolic OH excluding ortho intramolecular Hbond substituents is 1. The Labute approximate surface area is 115 Å². The van der Waals surface area contributed by atoms with Crippen molar-refractivity contribution < 1.29 is 13.9 Å². The van der Waals surface area contributed by atoms with Gasteiger partial charge in [0, 0.05) is 23.9 Å². The molecule has 0 radical (unpaired) electrons. The van der Waals surface area contributed by atoms with Gasteiger partial charge in [-0.05, 0) is 36.8 Å². The first kappa shape index (κ1) is 13.8. The van der Waals surface area contributed by atoms with E-state index in [0.29, 0.717) is 16.8 Å². The van der Waals surface area contributed by atoms with Gasteiger partial charge in [0.2, 0.25) is 0 Å². The third kappa shape index (κ3) is 3.04. The van der Waals surface area contributed by atoms with Gasteiger partial charge in [-0.1, -0.05) is 0 Å². The van der Waals surface area contributed by atoms with Crippen LogP contribution in [0.2, 0.25) is 0 Å². The van der Waals surface area contributed by atoms with Crippen LogP contribution in [0.15, 0.2) is 30.3 Å². The highest BCUT2D eigenvalue weighted by Gasteiger charge is 2.07. The van der Waals surface area contributed by atoms with Crippen LogP contribution in [0.1, 0.15) is 16.7 Å². The topological polar surface area (TPSA) is 56.0 Å². The van der Waals surface area contributed by atoms with Crippen LogP contribution < -0.4 is 5.32 Å². The van der Waals surface area contributed by atoms with E-state index in [4.69, 9.17) is 5.26 Å². The van der Waals surface area contributed by atoms with Gasteiger partial charge >= 0.3 is 0 Å². The van der Waals surface area contributed by atoms with E-state index in [1.165, 1.54) is 18.2 Å². The molecule has 102 valence electrons. The summed E-state index contributed by atoms with van der Waals surface area (Å²) in [5, 5.41) is 21.0. The largest absolute Gasteiger partial charge is 0.508 e. The van der Waals surface area contributed by atoms with Crippen LogP contribution in [0.5, 0.6) is 5.75 Å². The van der Waals surface area contributed by atoms with Gasteiger partial charge in [0.15, 0.2) is 0 Å². The molecule has 0 aliphatic carbocycles. The molecule has 0 saturated carbocycles. The summed E-state index contributed by atoms with van der Waals surface area (Å²) in [6.07, 6.45) is 0. The summed E-state index contributed by atoms with van der Waals surface area (Å²) in [5.74, 6) is -1.19. The standard InChI is InChI=1S/C15H12F2N2O/c1-9-14(17)4-10(7-18)5-15(9)19-8-11-2-12(16)6-13(20)3-11/h2-6,19-20H,8H2,1H3. The number of rotatable bonds is 3. The number of nitrogens with zero attached hydrogens (tertiary/aromatic N) is 1. The molecule has 0 bridgehead atoms. The number of benzene rings is 2. The number of aromatic hydroxyl groups is 1. The summed E-state index contributed by atoms with van der Waals surface area (Å²) >= 11 is 0. The molecule has 2 aromatic rings. The first-order valence-corrected chi connectivity index (χ1v) is 5.92. The maximum atomic E-state index is 13.6. The van der Waals surface area contributed by atoms with Crippen LogP contribution in [0.25, 0.3) is 0 Å². The van der Waals surface area contributed by atoms with Crippen molar-refractivity contribution >= 4 is 5.69 Å². The molecule has 0 saturated heterocycles. The number of nitriles is 1. The molecule has 2 N–H and O–H groups in total. The van der Waals surface area contributed by atoms with Crippen molar-refractivity contribution in [3.63, 3.8) is 0 Å². The van der Waals surface area contributed by atoms with Crippen molar-refractivity contribution in [3.05, 3.63) is 58.7 Å². The van der Waals surface area contributed by atoms with Gasteiger partial charge in [0.25, 0.3) is 0 Å². The van der Waals surface area contributed by atoms with Crippen LogP contribution in [0.4, 0.5) is 14.5 Å². The predicted octanol–water partition coefficient (Wildman–Crippen LogP) is 3.46. The molecule has 0 spiro atoms. The van der Waals surface area contributed by atoms with E-state index >= 15 is 0 Å². The molecule has 0 amide bonds. The van der Waals surface area contributed by atoms with E-state index in [9.17, 15) is 13.9 Å². The summed E-state index contributed by atoms with van der Waals surface area (Å²) in [6, 6.07) is 8.25. The fourth-order valence-corrected chi connectivity index (χ4v) is 1.86. The van der Waals surface area contributed by atoms with E-state index in [1.807, 2.05) is 6.07 Å². The lowest BCUT2D eigenvalue weighted by molar-refractivity contribution is 0.468. The highest BCUT2D eigenvalue weighted by Crippen LogP contribution is 2.22. The SMILES string of the molecule is Cc1c(F)cc(C#N)cc1NCc1cc(O)cc(F)c1. The second-order valence-corrected chi connectivity index (χ2v) is 4.41. The quantitative estimate of drug-likeness (QED) is 0.901. The smallest absolute Gasteiger partial charge is 0.129 e. The van der Waals surface area contributed by atoms with Crippen molar-refractivity contribution in [1.29, 1.82) is 5.26 Å². The molecule has 2 aromatic carbocycles. The van der Waals surface area contributed by atoms with Crippen LogP contribution >= 0.6 is 0 Å². The molecule has 20 heavy (non-hydrogen) atoms. The normalized spacial score (nSPS) is 10.1. The lowest BCUT2D eigenvalue weighted by Crippen LogP contribution is -2.03. The fourth-order valence-electron chi connectivity index (χ4n) is 1.86. The Morgan fingerprint density at radius 1 is 1.20 bits per heavy atom. The molecule has 0 aliphatic heterocycles. The Bertz CT molecular complexity index is 673. The minimum absolute atomic E-state index is 0.171. The van der Waals surface area contributed by atoms with E-state index in [2.05, 4.69) is 5.32 Å². The third-order valence-corrected chi connectivity index (χ3v) is 2.90. The molecule has 0 aromatic heterocycles. The molecule has 0 heterocycles. The van der Waals surface area contributed by atoms with E-state index < -0.39 is 11.6 Å². The van der Waals surface area contributed by atoms with Gasteiger partial charge in [-0.15, -0.1) is 0 Å². The number of hydrogen-bond donors (Lipinski definition) is 2. The first-order valence-electron chi connectivity index (χ1n) is 5.92. The van der Waals surface area contributed by atoms with Gasteiger partial charge in [-0.3, -0.25) is 0 Å². The van der Waals surface area contributed by atoms with Gasteiger partial charge < -0.3 is 10.4 Å². The zero-order chi connectivity index (χ0) is 14.7. The first-order chi connectivity index (χ1) is 9.49. The minimum atomic E-state index is -0.546. The maximum Gasteiger partial charge on any atom is 0.129 e. The zero-order valence-corrected chi connectivity index (χ0v) is 10.7. The number of hydrogen-bond acceptors (Lipinski definition) is 3. The lowest BCUT2D eigenvalue weighted by Gasteiger charge is -2.11. The van der Waals surface area contributed by atoms with Gasteiger partial charge in [-0.2, -0.15) is 5.26 Å². The molecule has 5 heteroatoms. The Hall–Kier alpha value is -2.61. The Morgan fingerprint density at radius 3 is 2.60 bits per heavy atom. The monoisotopic (exact) mass is 274 g/mol. The van der Waals surface area contributed by atoms with Crippen LogP contribution in [0, 0.1) is 29.9 Å². The summed E-state index contributed by atoms with van der Waals surface area (Å²) in [7, 11) is 0. The third-order valence-electron chi connectivity index (χ3n) is 2.90. The molecule has 0 fully saturated rings. The van der Waals surface area contributed by atoms with E-state index in [-0.39, 0.29) is 17.9 Å². The van der Waals surface area contributed by atoms with Crippen molar-refractivity contribution in [3.8, 4) is 11.8 Å². The van der Waals surface area contributed by atoms with Crippen LogP contribution in [0.3, 0.4) is 0 Å². The fraction of sp³-hybridized carbons (Fsp3) is 0.133. The van der Waals surface area contributed by atoms with Crippen molar-refractivity contribution in [2.45, 2.75) is 13.5 Å². The second-order valence-electron chi connectivity index (χ2n) is 4.41. The highest BCUT2D eigenvalue weighted by molar-refractivity contribution is 5.56. The molecule has 0 aliphatic rings. The average molecular weight is 274 g/mol. The molecule has 2 rings (SSSR count). The van der Waals surface area contributed by atoms with Gasteiger partial charge in [-0.25, -0.2) is 8.78 Å². The molecular formula is C15H12F2N2O. The average Bonchev–Trinajstić information content (AvgIpc) is 2.39. The number of nitrogens with one attached hydrogen (secondary N) is 1. The van der Waals surface area contributed by atoms with Crippen LogP contribution in [-0.2, 0) is 6.54 Å².